The van der Waals surface area contributed by atoms with E-state index in [9.17, 15) is 14.4 Å². The number of benzene rings is 2. The van der Waals surface area contributed by atoms with Gasteiger partial charge in [-0.05, 0) is 43.7 Å². The summed E-state index contributed by atoms with van der Waals surface area (Å²) in [7, 11) is 0. The lowest BCUT2D eigenvalue weighted by atomic mass is 9.99. The van der Waals surface area contributed by atoms with Crippen LogP contribution in [-0.4, -0.2) is 16.7 Å². The average Bonchev–Trinajstić information content (AvgIpc) is 2.94. The highest BCUT2D eigenvalue weighted by molar-refractivity contribution is 6.01. The van der Waals surface area contributed by atoms with Gasteiger partial charge in [0, 0.05) is 24.1 Å². The maximum Gasteiger partial charge on any atom is 0.417 e. The minimum absolute atomic E-state index is 0.0500. The van der Waals surface area contributed by atoms with E-state index in [0.29, 0.717) is 22.4 Å². The molecule has 2 aromatic carbocycles. The van der Waals surface area contributed by atoms with E-state index >= 15 is 0 Å². The zero-order valence-corrected chi connectivity index (χ0v) is 14.0. The molecule has 1 heterocycles. The maximum atomic E-state index is 12.3. The molecule has 0 saturated heterocycles. The van der Waals surface area contributed by atoms with E-state index in [-0.39, 0.29) is 24.5 Å². The number of aromatic nitrogens is 1. The van der Waals surface area contributed by atoms with Gasteiger partial charge in [0.2, 0.25) is 5.91 Å². The van der Waals surface area contributed by atoms with Crippen molar-refractivity contribution in [1.82, 2.24) is 4.98 Å². The summed E-state index contributed by atoms with van der Waals surface area (Å²) < 4.78 is 4.91. The lowest BCUT2D eigenvalue weighted by Crippen LogP contribution is -2.14. The number of hydrogen-bond acceptors (Lipinski definition) is 4. The Kier molecular flexibility index (Phi) is 4.52. The van der Waals surface area contributed by atoms with Gasteiger partial charge in [-0.1, -0.05) is 17.7 Å². The number of amides is 1. The molecule has 3 rings (SSSR count). The summed E-state index contributed by atoms with van der Waals surface area (Å²) in [6.07, 6.45) is 0.229. The van der Waals surface area contributed by atoms with Gasteiger partial charge in [0.15, 0.2) is 11.4 Å². The third-order valence-electron chi connectivity index (χ3n) is 3.98. The SMILES string of the molecule is Cc1ccc(C)c(C(=O)CCC(=O)Nc2ccc3oc(=O)[nH]c3c2)c1. The van der Waals surface area contributed by atoms with Gasteiger partial charge in [-0.25, -0.2) is 4.79 Å². The zero-order valence-electron chi connectivity index (χ0n) is 14.0. The molecule has 0 spiro atoms. The number of H-pyrrole nitrogens is 1. The largest absolute Gasteiger partial charge is 0.417 e. The van der Waals surface area contributed by atoms with Crippen molar-refractivity contribution in [2.24, 2.45) is 0 Å². The molecule has 0 fully saturated rings. The van der Waals surface area contributed by atoms with Crippen molar-refractivity contribution in [3.8, 4) is 0 Å². The van der Waals surface area contributed by atoms with E-state index in [1.807, 2.05) is 32.0 Å². The molecule has 1 aromatic heterocycles. The predicted molar refractivity (Wildman–Crippen MR) is 94.9 cm³/mol. The van der Waals surface area contributed by atoms with E-state index in [2.05, 4.69) is 10.3 Å². The van der Waals surface area contributed by atoms with Crippen LogP contribution in [0.3, 0.4) is 0 Å². The summed E-state index contributed by atoms with van der Waals surface area (Å²) in [6.45, 7) is 3.81. The smallest absolute Gasteiger partial charge is 0.408 e. The highest BCUT2D eigenvalue weighted by Crippen LogP contribution is 2.17. The van der Waals surface area contributed by atoms with Crippen molar-refractivity contribution in [3.63, 3.8) is 0 Å². The number of anilines is 1. The summed E-state index contributed by atoms with van der Waals surface area (Å²) in [5.74, 6) is -0.854. The fourth-order valence-electron chi connectivity index (χ4n) is 2.65. The first-order chi connectivity index (χ1) is 11.9. The molecule has 2 N–H and O–H groups in total. The Labute approximate surface area is 143 Å². The van der Waals surface area contributed by atoms with E-state index in [0.717, 1.165) is 11.1 Å². The molecule has 0 atom stereocenters. The topological polar surface area (TPSA) is 92.2 Å². The predicted octanol–water partition coefficient (Wildman–Crippen LogP) is 3.34. The van der Waals surface area contributed by atoms with Gasteiger partial charge < -0.3 is 9.73 Å². The Hall–Kier alpha value is -3.15. The molecule has 0 unspecified atom stereocenters. The van der Waals surface area contributed by atoms with Gasteiger partial charge in [-0.3, -0.25) is 14.6 Å². The van der Waals surface area contributed by atoms with Crippen LogP contribution in [0.2, 0.25) is 0 Å². The van der Waals surface area contributed by atoms with Crippen molar-refractivity contribution in [3.05, 3.63) is 63.6 Å². The van der Waals surface area contributed by atoms with Gasteiger partial charge in [-0.2, -0.15) is 0 Å². The van der Waals surface area contributed by atoms with Gasteiger partial charge in [0.05, 0.1) is 5.52 Å². The number of rotatable bonds is 5. The molecular weight excluding hydrogens is 320 g/mol. The van der Waals surface area contributed by atoms with Crippen LogP contribution in [0.4, 0.5) is 5.69 Å². The normalized spacial score (nSPS) is 10.8. The van der Waals surface area contributed by atoms with Crippen LogP contribution in [0.1, 0.15) is 34.3 Å². The number of carbonyl (C=O) groups is 2. The lowest BCUT2D eigenvalue weighted by Gasteiger charge is -2.07. The number of Topliss-reactive ketones (excluding diaryl/α,β-unsaturated/α-hetero) is 1. The third-order valence-corrected chi connectivity index (χ3v) is 3.98. The molecule has 0 saturated carbocycles. The second-order valence-corrected chi connectivity index (χ2v) is 6.02. The molecule has 0 bridgehead atoms. The fraction of sp³-hybridized carbons (Fsp3) is 0.211. The molecule has 0 aliphatic heterocycles. The quantitative estimate of drug-likeness (QED) is 0.698. The molecule has 128 valence electrons. The van der Waals surface area contributed by atoms with Crippen molar-refractivity contribution in [1.29, 1.82) is 0 Å². The summed E-state index contributed by atoms with van der Waals surface area (Å²) in [5, 5.41) is 2.72. The van der Waals surface area contributed by atoms with Gasteiger partial charge in [-0.15, -0.1) is 0 Å². The highest BCUT2D eigenvalue weighted by atomic mass is 16.4. The van der Waals surface area contributed by atoms with Crippen LogP contribution >= 0.6 is 0 Å². The number of nitrogens with one attached hydrogen (secondary N) is 2. The van der Waals surface area contributed by atoms with E-state index < -0.39 is 5.76 Å². The second kappa shape index (κ2) is 6.76. The summed E-state index contributed by atoms with van der Waals surface area (Å²) in [5.41, 5.74) is 4.05. The first-order valence-electron chi connectivity index (χ1n) is 7.95. The molecule has 25 heavy (non-hydrogen) atoms. The summed E-state index contributed by atoms with van der Waals surface area (Å²) in [6, 6.07) is 10.6. The van der Waals surface area contributed by atoms with Gasteiger partial charge in [0.25, 0.3) is 0 Å². The van der Waals surface area contributed by atoms with E-state index in [4.69, 9.17) is 4.42 Å². The monoisotopic (exact) mass is 338 g/mol. The van der Waals surface area contributed by atoms with Crippen LogP contribution in [0, 0.1) is 13.8 Å². The van der Waals surface area contributed by atoms with Gasteiger partial charge >= 0.3 is 5.76 Å². The molecule has 0 aliphatic rings. The first-order valence-corrected chi connectivity index (χ1v) is 7.95. The van der Waals surface area contributed by atoms with Crippen molar-refractivity contribution in [2.45, 2.75) is 26.7 Å². The molecule has 6 heteroatoms. The third kappa shape index (κ3) is 3.85. The minimum Gasteiger partial charge on any atom is -0.408 e. The Balaban J connectivity index is 1.62. The van der Waals surface area contributed by atoms with Crippen LogP contribution in [-0.2, 0) is 4.79 Å². The Morgan fingerprint density at radius 1 is 1.08 bits per heavy atom. The second-order valence-electron chi connectivity index (χ2n) is 6.02. The number of aromatic amines is 1. The summed E-state index contributed by atoms with van der Waals surface area (Å²) >= 11 is 0. The standard InChI is InChI=1S/C19H18N2O4/c1-11-3-4-12(2)14(9-11)16(22)6-8-18(23)20-13-5-7-17-15(10-13)21-19(24)25-17/h3-5,7,9-10H,6,8H2,1-2H3,(H,20,23)(H,21,24). The Bertz CT molecular complexity index is 1010. The van der Waals surface area contributed by atoms with Crippen LogP contribution in [0.5, 0.6) is 0 Å². The first kappa shape index (κ1) is 16.7. The lowest BCUT2D eigenvalue weighted by molar-refractivity contribution is -0.116. The highest BCUT2D eigenvalue weighted by Gasteiger charge is 2.12. The molecular formula is C19H18N2O4. The molecule has 0 radical (unpaired) electrons. The Morgan fingerprint density at radius 2 is 1.88 bits per heavy atom. The number of aryl methyl sites for hydroxylation is 2. The number of fused-ring (bicyclic) bond motifs is 1. The van der Waals surface area contributed by atoms with Crippen LogP contribution in [0.15, 0.2) is 45.6 Å². The average molecular weight is 338 g/mol. The van der Waals surface area contributed by atoms with Crippen LogP contribution in [0.25, 0.3) is 11.1 Å². The van der Waals surface area contributed by atoms with Crippen LogP contribution < -0.4 is 11.1 Å². The van der Waals surface area contributed by atoms with E-state index in [1.54, 1.807) is 18.2 Å². The molecule has 1 amide bonds. The van der Waals surface area contributed by atoms with Crippen molar-refractivity contribution in [2.75, 3.05) is 5.32 Å². The maximum absolute atomic E-state index is 12.3. The van der Waals surface area contributed by atoms with Gasteiger partial charge in [0.1, 0.15) is 0 Å². The number of hydrogen-bond donors (Lipinski definition) is 2. The minimum atomic E-state index is -0.544. The van der Waals surface area contributed by atoms with E-state index in [1.165, 1.54) is 0 Å². The molecule has 3 aromatic rings. The Morgan fingerprint density at radius 3 is 2.68 bits per heavy atom. The fourth-order valence-corrected chi connectivity index (χ4v) is 2.65. The van der Waals surface area contributed by atoms with Crippen molar-refractivity contribution >= 4 is 28.5 Å². The number of carbonyl (C=O) groups excluding carboxylic acids is 2. The molecule has 6 nitrogen and oxygen atoms in total. The number of ketones is 1. The summed E-state index contributed by atoms with van der Waals surface area (Å²) in [4.78, 5) is 38.1. The van der Waals surface area contributed by atoms with Crippen molar-refractivity contribution < 1.29 is 14.0 Å². The zero-order chi connectivity index (χ0) is 18.0. The molecule has 0 aliphatic carbocycles. The number of oxazole rings is 1.